The summed E-state index contributed by atoms with van der Waals surface area (Å²) >= 11 is 4.48. The van der Waals surface area contributed by atoms with Crippen molar-refractivity contribution in [1.29, 1.82) is 0 Å². The molecule has 16 heavy (non-hydrogen) atoms. The largest absolute Gasteiger partial charge is 0.313 e. The van der Waals surface area contributed by atoms with Crippen molar-refractivity contribution >= 4 is 12.6 Å². The van der Waals surface area contributed by atoms with Crippen molar-refractivity contribution in [3.8, 4) is 0 Å². The number of thiol groups is 1. The van der Waals surface area contributed by atoms with E-state index in [1.807, 2.05) is 0 Å². The Balaban J connectivity index is 4.10. The summed E-state index contributed by atoms with van der Waals surface area (Å²) in [6, 6.07) is 0.543. The van der Waals surface area contributed by atoms with Gasteiger partial charge in [0.2, 0.25) is 0 Å². The highest BCUT2D eigenvalue weighted by molar-refractivity contribution is 7.80. The molecule has 0 rings (SSSR count). The maximum absolute atomic E-state index is 4.48. The Morgan fingerprint density at radius 1 is 1.12 bits per heavy atom. The Hall–Kier alpha value is 0.310. The summed E-state index contributed by atoms with van der Waals surface area (Å²) in [5.74, 6) is 2.52. The molecule has 0 saturated carbocycles. The van der Waals surface area contributed by atoms with Gasteiger partial charge in [0, 0.05) is 6.04 Å². The molecule has 0 aliphatic carbocycles. The Kier molecular flexibility index (Phi) is 7.75. The molecule has 0 amide bonds. The van der Waals surface area contributed by atoms with Gasteiger partial charge in [-0.2, -0.15) is 12.6 Å². The molecule has 2 heteroatoms. The van der Waals surface area contributed by atoms with Gasteiger partial charge in [-0.05, 0) is 42.9 Å². The lowest BCUT2D eigenvalue weighted by atomic mass is 9.82. The minimum atomic E-state index is 0.318. The molecule has 0 bridgehead atoms. The van der Waals surface area contributed by atoms with Gasteiger partial charge in [-0.25, -0.2) is 0 Å². The second kappa shape index (κ2) is 7.60. The number of nitrogens with one attached hydrogen (secondary N) is 1. The zero-order valence-corrected chi connectivity index (χ0v) is 12.9. The Morgan fingerprint density at radius 3 is 2.06 bits per heavy atom. The second-order valence-electron chi connectivity index (χ2n) is 5.66. The molecule has 0 aromatic carbocycles. The minimum absolute atomic E-state index is 0.318. The summed E-state index contributed by atoms with van der Waals surface area (Å²) in [5.41, 5.74) is 0.318. The zero-order valence-electron chi connectivity index (χ0n) is 12.0. The smallest absolute Gasteiger partial charge is 0.0100 e. The molecular weight excluding hydrogens is 214 g/mol. The standard InChI is InChI=1S/C14H31NS/c1-7-11(3)12(4)9-15-13(5)14(6,8-2)10-16/h11-13,15-16H,7-10H2,1-6H3. The molecule has 0 saturated heterocycles. The minimum Gasteiger partial charge on any atom is -0.313 e. The molecule has 0 heterocycles. The van der Waals surface area contributed by atoms with E-state index in [1.54, 1.807) is 0 Å². The van der Waals surface area contributed by atoms with Gasteiger partial charge in [0.15, 0.2) is 0 Å². The Morgan fingerprint density at radius 2 is 1.69 bits per heavy atom. The molecule has 0 aliphatic rings. The van der Waals surface area contributed by atoms with E-state index >= 15 is 0 Å². The first-order valence-electron chi connectivity index (χ1n) is 6.75. The quantitative estimate of drug-likeness (QED) is 0.616. The fourth-order valence-electron chi connectivity index (χ4n) is 1.77. The summed E-state index contributed by atoms with van der Waals surface area (Å²) in [6.45, 7) is 15.0. The number of hydrogen-bond acceptors (Lipinski definition) is 2. The fraction of sp³-hybridized carbons (Fsp3) is 1.00. The predicted octanol–water partition coefficient (Wildman–Crippen LogP) is 3.99. The summed E-state index contributed by atoms with van der Waals surface area (Å²) in [6.07, 6.45) is 2.46. The van der Waals surface area contributed by atoms with Crippen LogP contribution in [0.15, 0.2) is 0 Å². The lowest BCUT2D eigenvalue weighted by molar-refractivity contribution is 0.234. The third kappa shape index (κ3) is 4.67. The normalized spacial score (nSPS) is 21.2. The van der Waals surface area contributed by atoms with Crippen LogP contribution in [0.3, 0.4) is 0 Å². The van der Waals surface area contributed by atoms with Crippen molar-refractivity contribution < 1.29 is 0 Å². The van der Waals surface area contributed by atoms with Gasteiger partial charge < -0.3 is 5.32 Å². The fourth-order valence-corrected chi connectivity index (χ4v) is 2.27. The first kappa shape index (κ1) is 16.3. The molecule has 4 unspecified atom stereocenters. The second-order valence-corrected chi connectivity index (χ2v) is 5.97. The van der Waals surface area contributed by atoms with Crippen molar-refractivity contribution in [2.24, 2.45) is 17.3 Å². The molecule has 0 aromatic heterocycles. The SMILES string of the molecule is CCC(C)C(C)CNC(C)C(C)(CC)CS. The van der Waals surface area contributed by atoms with Crippen molar-refractivity contribution in [3.63, 3.8) is 0 Å². The molecule has 0 aliphatic heterocycles. The maximum atomic E-state index is 4.48. The van der Waals surface area contributed by atoms with E-state index < -0.39 is 0 Å². The first-order valence-corrected chi connectivity index (χ1v) is 7.38. The molecule has 0 spiro atoms. The van der Waals surface area contributed by atoms with Crippen molar-refractivity contribution in [2.45, 2.75) is 60.4 Å². The summed E-state index contributed by atoms with van der Waals surface area (Å²) in [4.78, 5) is 0. The van der Waals surface area contributed by atoms with Crippen LogP contribution in [0.2, 0.25) is 0 Å². The molecule has 0 radical (unpaired) electrons. The maximum Gasteiger partial charge on any atom is 0.0100 e. The van der Waals surface area contributed by atoms with Crippen LogP contribution in [-0.2, 0) is 0 Å². The molecular formula is C14H31NS. The van der Waals surface area contributed by atoms with Crippen LogP contribution in [0.5, 0.6) is 0 Å². The van der Waals surface area contributed by atoms with Crippen LogP contribution in [0.4, 0.5) is 0 Å². The molecule has 1 nitrogen and oxygen atoms in total. The lowest BCUT2D eigenvalue weighted by Gasteiger charge is -2.35. The molecule has 98 valence electrons. The van der Waals surface area contributed by atoms with Gasteiger partial charge in [0.1, 0.15) is 0 Å². The molecule has 4 atom stereocenters. The van der Waals surface area contributed by atoms with Gasteiger partial charge in [0.05, 0.1) is 0 Å². The van der Waals surface area contributed by atoms with E-state index in [-0.39, 0.29) is 0 Å². The highest BCUT2D eigenvalue weighted by atomic mass is 32.1. The predicted molar refractivity (Wildman–Crippen MR) is 78.3 cm³/mol. The van der Waals surface area contributed by atoms with Gasteiger partial charge in [-0.1, -0.05) is 41.0 Å². The first-order chi connectivity index (χ1) is 7.41. The Bertz CT molecular complexity index is 178. The van der Waals surface area contributed by atoms with Crippen molar-refractivity contribution in [3.05, 3.63) is 0 Å². The van der Waals surface area contributed by atoms with Gasteiger partial charge in [-0.15, -0.1) is 0 Å². The number of rotatable bonds is 8. The molecule has 1 N–H and O–H groups in total. The summed E-state index contributed by atoms with van der Waals surface area (Å²) < 4.78 is 0. The highest BCUT2D eigenvalue weighted by Gasteiger charge is 2.27. The van der Waals surface area contributed by atoms with Crippen LogP contribution in [0.1, 0.15) is 54.4 Å². The van der Waals surface area contributed by atoms with Gasteiger partial charge >= 0.3 is 0 Å². The van der Waals surface area contributed by atoms with Gasteiger partial charge in [0.25, 0.3) is 0 Å². The monoisotopic (exact) mass is 245 g/mol. The topological polar surface area (TPSA) is 12.0 Å². The van der Waals surface area contributed by atoms with E-state index in [1.165, 1.54) is 12.8 Å². The van der Waals surface area contributed by atoms with Crippen LogP contribution < -0.4 is 5.32 Å². The average molecular weight is 245 g/mol. The highest BCUT2D eigenvalue weighted by Crippen LogP contribution is 2.27. The van der Waals surface area contributed by atoms with Crippen molar-refractivity contribution in [2.75, 3.05) is 12.3 Å². The Labute approximate surface area is 108 Å². The van der Waals surface area contributed by atoms with E-state index in [4.69, 9.17) is 0 Å². The van der Waals surface area contributed by atoms with E-state index in [2.05, 4.69) is 59.5 Å². The van der Waals surface area contributed by atoms with E-state index in [0.717, 1.165) is 24.1 Å². The van der Waals surface area contributed by atoms with Gasteiger partial charge in [-0.3, -0.25) is 0 Å². The summed E-state index contributed by atoms with van der Waals surface area (Å²) in [5, 5.41) is 3.69. The van der Waals surface area contributed by atoms with Crippen LogP contribution >= 0.6 is 12.6 Å². The average Bonchev–Trinajstić information content (AvgIpc) is 2.33. The summed E-state index contributed by atoms with van der Waals surface area (Å²) in [7, 11) is 0. The molecule has 0 fully saturated rings. The van der Waals surface area contributed by atoms with Crippen LogP contribution in [0, 0.1) is 17.3 Å². The molecule has 0 aromatic rings. The lowest BCUT2D eigenvalue weighted by Crippen LogP contribution is -2.44. The third-order valence-corrected chi connectivity index (χ3v) is 5.30. The van der Waals surface area contributed by atoms with Crippen LogP contribution in [-0.4, -0.2) is 18.3 Å². The third-order valence-electron chi connectivity index (χ3n) is 4.58. The van der Waals surface area contributed by atoms with E-state index in [0.29, 0.717) is 11.5 Å². The number of hydrogen-bond donors (Lipinski definition) is 2. The van der Waals surface area contributed by atoms with Crippen molar-refractivity contribution in [1.82, 2.24) is 5.32 Å². The van der Waals surface area contributed by atoms with E-state index in [9.17, 15) is 0 Å². The van der Waals surface area contributed by atoms with Crippen LogP contribution in [0.25, 0.3) is 0 Å². The zero-order chi connectivity index (χ0) is 12.8.